The molecule has 1 amide bonds. The molecule has 1 N–H and O–H groups in total. The smallest absolute Gasteiger partial charge is 0.254 e. The third-order valence-electron chi connectivity index (χ3n) is 4.40. The molecular weight excluding hydrogens is 269 g/mol. The summed E-state index contributed by atoms with van der Waals surface area (Å²) in [5.74, 6) is -0.360. The van der Waals surface area contributed by atoms with E-state index in [2.05, 4.69) is 10.2 Å². The Morgan fingerprint density at radius 2 is 2.05 bits per heavy atom. The van der Waals surface area contributed by atoms with Gasteiger partial charge < -0.3 is 15.1 Å². The average Bonchev–Trinajstić information content (AvgIpc) is 3.01. The highest BCUT2D eigenvalue weighted by Gasteiger charge is 2.25. The van der Waals surface area contributed by atoms with E-state index in [1.165, 1.54) is 6.07 Å². The first-order valence-electron chi connectivity index (χ1n) is 7.73. The summed E-state index contributed by atoms with van der Waals surface area (Å²) in [5, 5.41) is 3.25. The first-order valence-corrected chi connectivity index (χ1v) is 7.73. The van der Waals surface area contributed by atoms with Gasteiger partial charge in [0.15, 0.2) is 0 Å². The number of benzene rings is 1. The maximum Gasteiger partial charge on any atom is 0.254 e. The lowest BCUT2D eigenvalue weighted by atomic mass is 10.1. The van der Waals surface area contributed by atoms with E-state index in [1.54, 1.807) is 12.1 Å². The molecule has 2 aliphatic rings. The molecular formula is C16H22FN3O. The monoisotopic (exact) mass is 291 g/mol. The Morgan fingerprint density at radius 1 is 1.29 bits per heavy atom. The maximum atomic E-state index is 14.3. The summed E-state index contributed by atoms with van der Waals surface area (Å²) >= 11 is 0. The van der Waals surface area contributed by atoms with Crippen molar-refractivity contribution in [3.63, 3.8) is 0 Å². The molecule has 3 rings (SSSR count). The van der Waals surface area contributed by atoms with Crippen LogP contribution in [0.25, 0.3) is 0 Å². The normalized spacial score (nSPS) is 22.7. The fourth-order valence-corrected chi connectivity index (χ4v) is 3.16. The van der Waals surface area contributed by atoms with Crippen LogP contribution in [0.1, 0.15) is 30.1 Å². The number of nitrogens with zero attached hydrogens (tertiary/aromatic N) is 2. The van der Waals surface area contributed by atoms with Crippen molar-refractivity contribution in [2.75, 3.05) is 37.6 Å². The molecule has 1 atom stereocenters. The number of carbonyl (C=O) groups excluding carboxylic acids is 1. The van der Waals surface area contributed by atoms with E-state index in [1.807, 2.05) is 11.8 Å². The minimum absolute atomic E-state index is 0.0733. The largest absolute Gasteiger partial charge is 0.369 e. The van der Waals surface area contributed by atoms with Gasteiger partial charge in [0.2, 0.25) is 0 Å². The summed E-state index contributed by atoms with van der Waals surface area (Å²) in [6, 6.07) is 5.05. The topological polar surface area (TPSA) is 35.6 Å². The molecule has 2 fully saturated rings. The van der Waals surface area contributed by atoms with Crippen molar-refractivity contribution in [1.82, 2.24) is 10.2 Å². The Balaban J connectivity index is 1.79. The zero-order valence-electron chi connectivity index (χ0n) is 12.4. The predicted molar refractivity (Wildman–Crippen MR) is 81.2 cm³/mol. The van der Waals surface area contributed by atoms with Gasteiger partial charge in [-0.3, -0.25) is 4.79 Å². The Morgan fingerprint density at radius 3 is 2.71 bits per heavy atom. The molecule has 1 aromatic carbocycles. The molecule has 2 heterocycles. The van der Waals surface area contributed by atoms with Crippen LogP contribution in [0.5, 0.6) is 0 Å². The summed E-state index contributed by atoms with van der Waals surface area (Å²) in [7, 11) is 0. The van der Waals surface area contributed by atoms with Crippen LogP contribution in [-0.4, -0.2) is 49.6 Å². The number of halogens is 1. The molecule has 0 bridgehead atoms. The van der Waals surface area contributed by atoms with Gasteiger partial charge in [0.05, 0.1) is 5.69 Å². The van der Waals surface area contributed by atoms with Crippen LogP contribution in [0.4, 0.5) is 10.1 Å². The number of amides is 1. The van der Waals surface area contributed by atoms with Gasteiger partial charge in [-0.05, 0) is 38.0 Å². The summed E-state index contributed by atoms with van der Waals surface area (Å²) < 4.78 is 14.3. The summed E-state index contributed by atoms with van der Waals surface area (Å²) in [5.41, 5.74) is 1.07. The molecule has 4 nitrogen and oxygen atoms in total. The van der Waals surface area contributed by atoms with Crippen molar-refractivity contribution in [2.24, 2.45) is 0 Å². The standard InChI is InChI=1S/C16H22FN3O/c1-12-11-18-6-9-20(12)16(21)13-4-5-15(14(17)10-13)19-7-2-3-8-19/h4-5,10,12,18H,2-3,6-9,11H2,1H3/t12-/m0/s1. The summed E-state index contributed by atoms with van der Waals surface area (Å²) in [6.45, 7) is 6.08. The lowest BCUT2D eigenvalue weighted by molar-refractivity contribution is 0.0655. The van der Waals surface area contributed by atoms with Crippen LogP contribution in [0, 0.1) is 5.82 Å². The number of nitrogens with one attached hydrogen (secondary N) is 1. The van der Waals surface area contributed by atoms with Crippen molar-refractivity contribution in [3.05, 3.63) is 29.6 Å². The Labute approximate surface area is 124 Å². The fraction of sp³-hybridized carbons (Fsp3) is 0.562. The molecule has 1 aromatic rings. The number of carbonyl (C=O) groups is 1. The van der Waals surface area contributed by atoms with Gasteiger partial charge in [0.25, 0.3) is 5.91 Å². The minimum Gasteiger partial charge on any atom is -0.369 e. The molecule has 0 saturated carbocycles. The van der Waals surface area contributed by atoms with E-state index < -0.39 is 0 Å². The van der Waals surface area contributed by atoms with Crippen molar-refractivity contribution < 1.29 is 9.18 Å². The van der Waals surface area contributed by atoms with Gasteiger partial charge in [-0.2, -0.15) is 0 Å². The van der Waals surface area contributed by atoms with E-state index in [0.29, 0.717) is 17.8 Å². The van der Waals surface area contributed by atoms with Crippen molar-refractivity contribution >= 4 is 11.6 Å². The van der Waals surface area contributed by atoms with Crippen LogP contribution in [0.15, 0.2) is 18.2 Å². The van der Waals surface area contributed by atoms with Gasteiger partial charge in [0, 0.05) is 44.3 Å². The van der Waals surface area contributed by atoms with Gasteiger partial charge in [-0.25, -0.2) is 4.39 Å². The fourth-order valence-electron chi connectivity index (χ4n) is 3.16. The first-order chi connectivity index (χ1) is 10.2. The number of hydrogen-bond donors (Lipinski definition) is 1. The highest BCUT2D eigenvalue weighted by atomic mass is 19.1. The SMILES string of the molecule is C[C@H]1CNCCN1C(=O)c1ccc(N2CCCC2)c(F)c1. The van der Waals surface area contributed by atoms with Gasteiger partial charge in [-0.15, -0.1) is 0 Å². The first kappa shape index (κ1) is 14.3. The molecule has 114 valence electrons. The van der Waals surface area contributed by atoms with E-state index in [4.69, 9.17) is 0 Å². The zero-order valence-corrected chi connectivity index (χ0v) is 12.4. The molecule has 0 aliphatic carbocycles. The molecule has 21 heavy (non-hydrogen) atoms. The number of hydrogen-bond acceptors (Lipinski definition) is 3. The van der Waals surface area contributed by atoms with E-state index >= 15 is 0 Å². The summed E-state index contributed by atoms with van der Waals surface area (Å²) in [6.07, 6.45) is 2.22. The van der Waals surface area contributed by atoms with Gasteiger partial charge >= 0.3 is 0 Å². The molecule has 0 spiro atoms. The van der Waals surface area contributed by atoms with Crippen LogP contribution in [0.3, 0.4) is 0 Å². The molecule has 0 aromatic heterocycles. The second-order valence-electron chi connectivity index (χ2n) is 5.91. The Kier molecular flexibility index (Phi) is 4.10. The second-order valence-corrected chi connectivity index (χ2v) is 5.91. The average molecular weight is 291 g/mol. The molecule has 2 saturated heterocycles. The van der Waals surface area contributed by atoms with E-state index in [-0.39, 0.29) is 17.8 Å². The summed E-state index contributed by atoms with van der Waals surface area (Å²) in [4.78, 5) is 16.4. The minimum atomic E-state index is -0.287. The maximum absolute atomic E-state index is 14.3. The molecule has 2 aliphatic heterocycles. The highest BCUT2D eigenvalue weighted by Crippen LogP contribution is 2.25. The lowest BCUT2D eigenvalue weighted by Gasteiger charge is -2.34. The third kappa shape index (κ3) is 2.88. The Bertz CT molecular complexity index is 528. The Hall–Kier alpha value is -1.62. The van der Waals surface area contributed by atoms with Gasteiger partial charge in [-0.1, -0.05) is 0 Å². The third-order valence-corrected chi connectivity index (χ3v) is 4.40. The lowest BCUT2D eigenvalue weighted by Crippen LogP contribution is -2.52. The van der Waals surface area contributed by atoms with Crippen LogP contribution >= 0.6 is 0 Å². The van der Waals surface area contributed by atoms with Crippen molar-refractivity contribution in [3.8, 4) is 0 Å². The highest BCUT2D eigenvalue weighted by molar-refractivity contribution is 5.95. The molecule has 0 radical (unpaired) electrons. The zero-order chi connectivity index (χ0) is 14.8. The number of anilines is 1. The predicted octanol–water partition coefficient (Wildman–Crippen LogP) is 1.86. The van der Waals surface area contributed by atoms with E-state index in [0.717, 1.165) is 39.0 Å². The van der Waals surface area contributed by atoms with Crippen molar-refractivity contribution in [1.29, 1.82) is 0 Å². The quantitative estimate of drug-likeness (QED) is 0.903. The number of piperazine rings is 1. The second kappa shape index (κ2) is 6.02. The number of rotatable bonds is 2. The van der Waals surface area contributed by atoms with Crippen LogP contribution in [-0.2, 0) is 0 Å². The van der Waals surface area contributed by atoms with Gasteiger partial charge in [0.1, 0.15) is 5.82 Å². The van der Waals surface area contributed by atoms with Crippen LogP contribution in [0.2, 0.25) is 0 Å². The molecule has 0 unspecified atom stereocenters. The van der Waals surface area contributed by atoms with Crippen molar-refractivity contribution in [2.45, 2.75) is 25.8 Å². The van der Waals surface area contributed by atoms with Crippen LogP contribution < -0.4 is 10.2 Å². The molecule has 5 heteroatoms. The van der Waals surface area contributed by atoms with E-state index in [9.17, 15) is 9.18 Å².